The molecule has 0 aromatic heterocycles. The van der Waals surface area contributed by atoms with Gasteiger partial charge in [0.05, 0.1) is 23.3 Å². The maximum Gasteiger partial charge on any atom is 0.416 e. The Morgan fingerprint density at radius 3 is 1.16 bits per heavy atom. The fourth-order valence-corrected chi connectivity index (χ4v) is 5.69. The standard InChI is InChI=1S/2C15H20ClF3N2O.H2O/c2*1-11(22)14(16)21-8-6-20(7-9-21)10-12-4-2-3-5-13(12)15(17,18)19;/h2*2-5,11,14,22H,6-10H2,1H3;1H2. The molecular formula is C30H42Cl2F6N4O3. The molecule has 4 atom stereocenters. The molecule has 0 saturated carbocycles. The van der Waals surface area contributed by atoms with Gasteiger partial charge in [0.15, 0.2) is 0 Å². The van der Waals surface area contributed by atoms with Crippen LogP contribution in [0.2, 0.25) is 0 Å². The van der Waals surface area contributed by atoms with E-state index >= 15 is 0 Å². The van der Waals surface area contributed by atoms with Crippen molar-refractivity contribution < 1.29 is 42.0 Å². The van der Waals surface area contributed by atoms with Crippen LogP contribution in [0.15, 0.2) is 48.5 Å². The molecule has 45 heavy (non-hydrogen) atoms. The molecule has 2 aromatic rings. The van der Waals surface area contributed by atoms with Crippen LogP contribution in [0.1, 0.15) is 36.1 Å². The molecule has 15 heteroatoms. The average molecular weight is 692 g/mol. The highest BCUT2D eigenvalue weighted by atomic mass is 35.5. The predicted octanol–water partition coefficient (Wildman–Crippen LogP) is 4.71. The number of aliphatic hydroxyl groups excluding tert-OH is 2. The zero-order valence-electron chi connectivity index (χ0n) is 25.2. The molecule has 2 aliphatic rings. The van der Waals surface area contributed by atoms with Crippen molar-refractivity contribution in [1.29, 1.82) is 0 Å². The minimum Gasteiger partial charge on any atom is -0.412 e. The number of alkyl halides is 8. The SMILES string of the molecule is CC(O)C(Cl)N1CCN(Cc2ccccc2C(F)(F)F)CC1.CC(O)C(Cl)N1CCN(Cc2ccccc2C(F)(F)F)CC1.O. The molecule has 0 radical (unpaired) electrons. The maximum atomic E-state index is 13.0. The second kappa shape index (κ2) is 17.5. The van der Waals surface area contributed by atoms with Crippen molar-refractivity contribution in [3.8, 4) is 0 Å². The van der Waals surface area contributed by atoms with Crippen LogP contribution < -0.4 is 0 Å². The Labute approximate surface area is 270 Å². The number of rotatable bonds is 8. The lowest BCUT2D eigenvalue weighted by molar-refractivity contribution is -0.139. The summed E-state index contributed by atoms with van der Waals surface area (Å²) < 4.78 is 77.9. The number of hydrogen-bond donors (Lipinski definition) is 2. The Balaban J connectivity index is 0.000000307. The topological polar surface area (TPSA) is 84.9 Å². The zero-order chi connectivity index (χ0) is 32.7. The molecular weight excluding hydrogens is 649 g/mol. The van der Waals surface area contributed by atoms with Gasteiger partial charge in [0.1, 0.15) is 11.0 Å². The van der Waals surface area contributed by atoms with E-state index in [1.54, 1.807) is 26.0 Å². The minimum atomic E-state index is -4.33. The van der Waals surface area contributed by atoms with Gasteiger partial charge < -0.3 is 15.7 Å². The van der Waals surface area contributed by atoms with E-state index in [1.165, 1.54) is 24.3 Å². The van der Waals surface area contributed by atoms with E-state index in [1.807, 2.05) is 19.6 Å². The summed E-state index contributed by atoms with van der Waals surface area (Å²) in [7, 11) is 0. The lowest BCUT2D eigenvalue weighted by atomic mass is 10.1. The molecule has 0 bridgehead atoms. The summed E-state index contributed by atoms with van der Waals surface area (Å²) in [5.41, 5.74) is -1.47. The molecule has 0 spiro atoms. The van der Waals surface area contributed by atoms with Crippen LogP contribution in [0.4, 0.5) is 26.3 Å². The molecule has 4 rings (SSSR count). The first-order valence-corrected chi connectivity index (χ1v) is 15.3. The van der Waals surface area contributed by atoms with Gasteiger partial charge in [-0.05, 0) is 37.1 Å². The predicted molar refractivity (Wildman–Crippen MR) is 163 cm³/mol. The maximum absolute atomic E-state index is 13.0. The molecule has 4 N–H and O–H groups in total. The molecule has 2 aliphatic heterocycles. The van der Waals surface area contributed by atoms with Crippen molar-refractivity contribution in [3.63, 3.8) is 0 Å². The van der Waals surface area contributed by atoms with Crippen molar-refractivity contribution in [2.75, 3.05) is 52.4 Å². The summed E-state index contributed by atoms with van der Waals surface area (Å²) in [6.45, 7) is 8.83. The Morgan fingerprint density at radius 2 is 0.889 bits per heavy atom. The summed E-state index contributed by atoms with van der Waals surface area (Å²) in [5.74, 6) is 0. The van der Waals surface area contributed by atoms with Crippen molar-refractivity contribution in [2.45, 2.75) is 62.5 Å². The highest BCUT2D eigenvalue weighted by molar-refractivity contribution is 6.20. The molecule has 0 aliphatic carbocycles. The van der Waals surface area contributed by atoms with E-state index in [9.17, 15) is 36.6 Å². The fraction of sp³-hybridized carbons (Fsp3) is 0.600. The highest BCUT2D eigenvalue weighted by Crippen LogP contribution is 2.33. The van der Waals surface area contributed by atoms with E-state index in [2.05, 4.69) is 0 Å². The third-order valence-corrected chi connectivity index (χ3v) is 9.02. The van der Waals surface area contributed by atoms with Crippen LogP contribution >= 0.6 is 23.2 Å². The van der Waals surface area contributed by atoms with Gasteiger partial charge in [0, 0.05) is 65.4 Å². The van der Waals surface area contributed by atoms with Gasteiger partial charge in [-0.2, -0.15) is 26.3 Å². The van der Waals surface area contributed by atoms with E-state index in [-0.39, 0.29) is 18.6 Å². The van der Waals surface area contributed by atoms with E-state index < -0.39 is 46.7 Å². The van der Waals surface area contributed by atoms with Gasteiger partial charge >= 0.3 is 12.4 Å². The third kappa shape index (κ3) is 11.8. The van der Waals surface area contributed by atoms with Crippen LogP contribution in [0.25, 0.3) is 0 Å². The normalized spacial score (nSPS) is 20.4. The highest BCUT2D eigenvalue weighted by Gasteiger charge is 2.35. The van der Waals surface area contributed by atoms with Crippen LogP contribution in [-0.2, 0) is 25.4 Å². The largest absolute Gasteiger partial charge is 0.416 e. The van der Waals surface area contributed by atoms with Crippen molar-refractivity contribution in [2.24, 2.45) is 0 Å². The van der Waals surface area contributed by atoms with Gasteiger partial charge in [-0.25, -0.2) is 0 Å². The molecule has 4 unspecified atom stereocenters. The first kappa shape index (κ1) is 39.5. The van der Waals surface area contributed by atoms with Crippen LogP contribution in [0.5, 0.6) is 0 Å². The van der Waals surface area contributed by atoms with E-state index in [4.69, 9.17) is 23.2 Å². The van der Waals surface area contributed by atoms with E-state index in [0.29, 0.717) is 63.5 Å². The molecule has 2 aromatic carbocycles. The fourth-order valence-electron chi connectivity index (χ4n) is 5.30. The molecule has 7 nitrogen and oxygen atoms in total. The zero-order valence-corrected chi connectivity index (χ0v) is 26.7. The Hall–Kier alpha value is -1.68. The number of aliphatic hydroxyl groups is 2. The van der Waals surface area contributed by atoms with Crippen molar-refractivity contribution in [3.05, 3.63) is 70.8 Å². The van der Waals surface area contributed by atoms with Crippen LogP contribution in [0, 0.1) is 0 Å². The summed E-state index contributed by atoms with van der Waals surface area (Å²) in [4.78, 5) is 7.84. The number of halogens is 8. The molecule has 2 heterocycles. The molecule has 2 saturated heterocycles. The Kier molecular flexibility index (Phi) is 15.3. The number of piperazine rings is 2. The lowest BCUT2D eigenvalue weighted by Crippen LogP contribution is -2.51. The lowest BCUT2D eigenvalue weighted by Gasteiger charge is -2.38. The van der Waals surface area contributed by atoms with Gasteiger partial charge in [-0.3, -0.25) is 19.6 Å². The first-order valence-electron chi connectivity index (χ1n) is 14.4. The van der Waals surface area contributed by atoms with Gasteiger partial charge in [-0.1, -0.05) is 36.4 Å². The van der Waals surface area contributed by atoms with Gasteiger partial charge in [-0.15, -0.1) is 23.2 Å². The van der Waals surface area contributed by atoms with Crippen LogP contribution in [0.3, 0.4) is 0 Å². The Bertz CT molecular complexity index is 1070. The monoisotopic (exact) mass is 690 g/mol. The number of benzene rings is 2. The second-order valence-corrected chi connectivity index (χ2v) is 12.1. The molecule has 0 amide bonds. The molecule has 256 valence electrons. The quantitative estimate of drug-likeness (QED) is 0.237. The smallest absolute Gasteiger partial charge is 0.412 e. The summed E-state index contributed by atoms with van der Waals surface area (Å²) in [6.07, 6.45) is -9.93. The third-order valence-electron chi connectivity index (χ3n) is 7.74. The first-order chi connectivity index (χ1) is 20.6. The average Bonchev–Trinajstić information content (AvgIpc) is 2.97. The number of nitrogens with zero attached hydrogens (tertiary/aromatic N) is 4. The molecule has 2 fully saturated rings. The summed E-state index contributed by atoms with van der Waals surface area (Å²) in [5, 5.41) is 19.0. The summed E-state index contributed by atoms with van der Waals surface area (Å²) >= 11 is 12.2. The van der Waals surface area contributed by atoms with E-state index in [0.717, 1.165) is 12.1 Å². The van der Waals surface area contributed by atoms with Crippen LogP contribution in [-0.4, -0.2) is 111 Å². The van der Waals surface area contributed by atoms with Gasteiger partial charge in [0.25, 0.3) is 0 Å². The van der Waals surface area contributed by atoms with Crippen molar-refractivity contribution >= 4 is 23.2 Å². The summed E-state index contributed by atoms with van der Waals surface area (Å²) in [6, 6.07) is 11.4. The van der Waals surface area contributed by atoms with Crippen molar-refractivity contribution in [1.82, 2.24) is 19.6 Å². The number of hydrogen-bond acceptors (Lipinski definition) is 6. The minimum absolute atomic E-state index is 0. The second-order valence-electron chi connectivity index (χ2n) is 11.2. The Morgan fingerprint density at radius 1 is 0.600 bits per heavy atom. The van der Waals surface area contributed by atoms with Gasteiger partial charge in [0.2, 0.25) is 0 Å².